The number of hydrogen-bond donors (Lipinski definition) is 0. The van der Waals surface area contributed by atoms with Crippen molar-refractivity contribution in [3.63, 3.8) is 0 Å². The van der Waals surface area contributed by atoms with Crippen LogP contribution in [0.2, 0.25) is 0 Å². The van der Waals surface area contributed by atoms with E-state index in [1.165, 1.54) is 14.3 Å². The van der Waals surface area contributed by atoms with Gasteiger partial charge in [-0.15, -0.1) is 0 Å². The molecule has 168 valence electrons. The third-order valence-corrected chi connectivity index (χ3v) is 7.09. The van der Waals surface area contributed by atoms with Crippen molar-refractivity contribution < 1.29 is 17.6 Å². The monoisotopic (exact) mass is 455 g/mol. The van der Waals surface area contributed by atoms with Crippen LogP contribution in [0.4, 0.5) is 0 Å². The molecule has 1 fully saturated rings. The van der Waals surface area contributed by atoms with Crippen LogP contribution in [0.1, 0.15) is 18.4 Å². The van der Waals surface area contributed by atoms with Crippen molar-refractivity contribution in [3.8, 4) is 0 Å². The summed E-state index contributed by atoms with van der Waals surface area (Å²) in [7, 11) is -3.54. The molecule has 0 radical (unpaired) electrons. The third-order valence-electron chi connectivity index (χ3n) is 5.53. The molecular formula is C23H25N3O5S. The highest BCUT2D eigenvalue weighted by molar-refractivity contribution is 7.92. The van der Waals surface area contributed by atoms with Crippen LogP contribution in [0.5, 0.6) is 0 Å². The molecule has 1 aliphatic rings. The Kier molecular flexibility index (Phi) is 6.57. The topological polar surface area (TPSA) is 92.8 Å². The maximum atomic E-state index is 12.6. The number of nitrogens with zero attached hydrogens (tertiary/aromatic N) is 3. The van der Waals surface area contributed by atoms with E-state index in [1.54, 1.807) is 23.1 Å². The van der Waals surface area contributed by atoms with E-state index in [9.17, 15) is 18.0 Å². The smallest absolute Gasteiger partial charge is 0.408 e. The number of amides is 1. The van der Waals surface area contributed by atoms with Crippen molar-refractivity contribution in [3.05, 3.63) is 76.1 Å². The average molecular weight is 456 g/mol. The molecule has 2 aromatic carbocycles. The Morgan fingerprint density at radius 1 is 0.969 bits per heavy atom. The Hall–Kier alpha value is -3.17. The van der Waals surface area contributed by atoms with Gasteiger partial charge in [0.05, 0.1) is 5.52 Å². The summed E-state index contributed by atoms with van der Waals surface area (Å²) in [5.74, 6) is -0.469. The number of fused-ring (bicyclic) bond motifs is 1. The molecule has 0 bridgehead atoms. The molecule has 0 saturated carbocycles. The number of sulfonamides is 1. The van der Waals surface area contributed by atoms with Gasteiger partial charge in [0.2, 0.25) is 15.9 Å². The van der Waals surface area contributed by atoms with Gasteiger partial charge >= 0.3 is 5.76 Å². The number of oxazole rings is 1. The summed E-state index contributed by atoms with van der Waals surface area (Å²) in [6, 6.07) is 16.4. The Bertz CT molecular complexity index is 1270. The Morgan fingerprint density at radius 3 is 2.41 bits per heavy atom. The van der Waals surface area contributed by atoms with Gasteiger partial charge in [-0.3, -0.25) is 9.36 Å². The summed E-state index contributed by atoms with van der Waals surface area (Å²) in [6.45, 7) is 1.62. The fourth-order valence-corrected chi connectivity index (χ4v) is 4.95. The summed E-state index contributed by atoms with van der Waals surface area (Å²) in [4.78, 5) is 26.3. The van der Waals surface area contributed by atoms with Gasteiger partial charge in [-0.05, 0) is 30.2 Å². The van der Waals surface area contributed by atoms with Gasteiger partial charge in [0.15, 0.2) is 5.58 Å². The summed E-state index contributed by atoms with van der Waals surface area (Å²) >= 11 is 0. The lowest BCUT2D eigenvalue weighted by Gasteiger charge is -2.33. The number of piperazine rings is 1. The first-order valence-corrected chi connectivity index (χ1v) is 12.0. The van der Waals surface area contributed by atoms with Crippen LogP contribution in [-0.2, 0) is 21.4 Å². The van der Waals surface area contributed by atoms with Crippen LogP contribution in [0, 0.1) is 0 Å². The standard InChI is InChI=1S/C23H25N3O5S/c27-22(11-6-13-26-20-9-4-5-10-21(20)31-23(26)28)24-14-16-25(17-15-24)32(29,30)18-12-19-7-2-1-3-8-19/h1-5,7-10,12,18H,6,11,13-17H2. The molecule has 0 unspecified atom stereocenters. The molecule has 0 aliphatic carbocycles. The zero-order chi connectivity index (χ0) is 22.6. The third kappa shape index (κ3) is 5.00. The quantitative estimate of drug-likeness (QED) is 0.546. The highest BCUT2D eigenvalue weighted by Crippen LogP contribution is 2.15. The minimum Gasteiger partial charge on any atom is -0.408 e. The molecule has 1 aliphatic heterocycles. The number of benzene rings is 2. The van der Waals surface area contributed by atoms with E-state index >= 15 is 0 Å². The molecule has 1 aromatic heterocycles. The number of carbonyl (C=O) groups is 1. The van der Waals surface area contributed by atoms with E-state index in [2.05, 4.69) is 0 Å². The lowest BCUT2D eigenvalue weighted by Crippen LogP contribution is -2.50. The highest BCUT2D eigenvalue weighted by Gasteiger charge is 2.27. The van der Waals surface area contributed by atoms with Crippen molar-refractivity contribution in [2.75, 3.05) is 26.2 Å². The molecule has 1 saturated heterocycles. The highest BCUT2D eigenvalue weighted by atomic mass is 32.2. The molecule has 1 amide bonds. The van der Waals surface area contributed by atoms with Crippen LogP contribution in [0.25, 0.3) is 17.2 Å². The number of rotatable bonds is 7. The van der Waals surface area contributed by atoms with Crippen molar-refractivity contribution in [1.82, 2.24) is 13.8 Å². The van der Waals surface area contributed by atoms with Crippen molar-refractivity contribution in [2.24, 2.45) is 0 Å². The first-order valence-electron chi connectivity index (χ1n) is 10.5. The minimum atomic E-state index is -3.54. The van der Waals surface area contributed by atoms with E-state index < -0.39 is 15.8 Å². The van der Waals surface area contributed by atoms with Crippen LogP contribution in [-0.4, -0.2) is 54.3 Å². The van der Waals surface area contributed by atoms with E-state index in [1.807, 2.05) is 42.5 Å². The number of carbonyl (C=O) groups excluding carboxylic acids is 1. The summed E-state index contributed by atoms with van der Waals surface area (Å²) in [5.41, 5.74) is 2.06. The second-order valence-corrected chi connectivity index (χ2v) is 9.45. The molecule has 4 rings (SSSR count). The van der Waals surface area contributed by atoms with E-state index in [0.29, 0.717) is 37.2 Å². The molecule has 0 N–H and O–H groups in total. The van der Waals surface area contributed by atoms with Gasteiger partial charge in [0, 0.05) is 44.6 Å². The van der Waals surface area contributed by atoms with E-state index in [-0.39, 0.29) is 25.4 Å². The fourth-order valence-electron chi connectivity index (χ4n) is 3.78. The lowest BCUT2D eigenvalue weighted by molar-refractivity contribution is -0.132. The summed E-state index contributed by atoms with van der Waals surface area (Å²) in [6.07, 6.45) is 2.36. The predicted octanol–water partition coefficient (Wildman–Crippen LogP) is 2.52. The minimum absolute atomic E-state index is 0.0391. The van der Waals surface area contributed by atoms with Gasteiger partial charge in [-0.25, -0.2) is 13.2 Å². The molecule has 3 aromatic rings. The van der Waals surface area contributed by atoms with Crippen molar-refractivity contribution >= 4 is 33.1 Å². The van der Waals surface area contributed by atoms with Crippen LogP contribution in [0.3, 0.4) is 0 Å². The maximum Gasteiger partial charge on any atom is 0.419 e. The second kappa shape index (κ2) is 9.54. The van der Waals surface area contributed by atoms with E-state index in [0.717, 1.165) is 5.56 Å². The Morgan fingerprint density at radius 2 is 1.66 bits per heavy atom. The predicted molar refractivity (Wildman–Crippen MR) is 122 cm³/mol. The molecule has 0 spiro atoms. The molecule has 9 heteroatoms. The zero-order valence-electron chi connectivity index (χ0n) is 17.6. The van der Waals surface area contributed by atoms with Gasteiger partial charge < -0.3 is 9.32 Å². The second-order valence-electron chi connectivity index (χ2n) is 7.63. The summed E-state index contributed by atoms with van der Waals surface area (Å²) < 4.78 is 33.3. The molecule has 32 heavy (non-hydrogen) atoms. The first kappa shape index (κ1) is 22.0. The number of aromatic nitrogens is 1. The zero-order valence-corrected chi connectivity index (χ0v) is 18.4. The number of aryl methyl sites for hydroxylation is 1. The fraction of sp³-hybridized carbons (Fsp3) is 0.304. The molecular weight excluding hydrogens is 430 g/mol. The maximum absolute atomic E-state index is 12.6. The molecule has 0 atom stereocenters. The first-order chi connectivity index (χ1) is 15.4. The molecule has 2 heterocycles. The van der Waals surface area contributed by atoms with Crippen molar-refractivity contribution in [2.45, 2.75) is 19.4 Å². The van der Waals surface area contributed by atoms with Crippen LogP contribution in [0.15, 0.2) is 69.2 Å². The normalized spacial score (nSPS) is 15.6. The largest absolute Gasteiger partial charge is 0.419 e. The summed E-state index contributed by atoms with van der Waals surface area (Å²) in [5, 5.41) is 1.22. The van der Waals surface area contributed by atoms with Crippen LogP contribution < -0.4 is 5.76 Å². The lowest BCUT2D eigenvalue weighted by atomic mass is 10.2. The van der Waals surface area contributed by atoms with Gasteiger partial charge in [-0.2, -0.15) is 4.31 Å². The van der Waals surface area contributed by atoms with Gasteiger partial charge in [0.25, 0.3) is 0 Å². The van der Waals surface area contributed by atoms with Gasteiger partial charge in [-0.1, -0.05) is 42.5 Å². The Balaban J connectivity index is 1.27. The van der Waals surface area contributed by atoms with Gasteiger partial charge in [0.1, 0.15) is 0 Å². The number of para-hydroxylation sites is 2. The molecule has 8 nitrogen and oxygen atoms in total. The van der Waals surface area contributed by atoms with Crippen molar-refractivity contribution in [1.29, 1.82) is 0 Å². The Labute approximate surface area is 186 Å². The van der Waals surface area contributed by atoms with Crippen LogP contribution >= 0.6 is 0 Å². The van der Waals surface area contributed by atoms with E-state index in [4.69, 9.17) is 4.42 Å². The SMILES string of the molecule is O=C(CCCn1c(=O)oc2ccccc21)N1CCN(S(=O)(=O)C=Cc2ccccc2)CC1. The average Bonchev–Trinajstić information content (AvgIpc) is 3.13. The number of hydrogen-bond acceptors (Lipinski definition) is 5.